The van der Waals surface area contributed by atoms with Gasteiger partial charge in [-0.15, -0.1) is 0 Å². The monoisotopic (exact) mass is 381 g/mol. The Hall–Kier alpha value is -1.56. The van der Waals surface area contributed by atoms with Gasteiger partial charge in [-0.25, -0.2) is 8.78 Å². The van der Waals surface area contributed by atoms with Crippen LogP contribution in [0.25, 0.3) is 5.57 Å². The summed E-state index contributed by atoms with van der Waals surface area (Å²) >= 11 is 6.96. The Kier molecular flexibility index (Phi) is 5.99. The molecule has 0 bridgehead atoms. The fraction of sp³-hybridized carbons (Fsp3) is 0.263. The smallest absolute Gasteiger partial charge is 0.141 e. The molecular formula is C19H18ClF2NOS. The number of ether oxygens (including phenoxy) is 1. The maximum absolute atomic E-state index is 13.9. The molecule has 2 aromatic carbocycles. The van der Waals surface area contributed by atoms with Gasteiger partial charge in [0.1, 0.15) is 17.4 Å². The van der Waals surface area contributed by atoms with Gasteiger partial charge in [0.15, 0.2) is 0 Å². The molecule has 0 saturated carbocycles. The Morgan fingerprint density at radius 1 is 1.20 bits per heavy atom. The van der Waals surface area contributed by atoms with E-state index in [0.29, 0.717) is 17.4 Å². The van der Waals surface area contributed by atoms with Crippen molar-refractivity contribution in [2.24, 2.45) is 11.1 Å². The Balaban J connectivity index is 1.75. The molecule has 1 aliphatic rings. The van der Waals surface area contributed by atoms with Crippen LogP contribution in [0.5, 0.6) is 5.75 Å². The zero-order valence-electron chi connectivity index (χ0n) is 13.5. The van der Waals surface area contributed by atoms with Crippen molar-refractivity contribution in [3.63, 3.8) is 0 Å². The molecule has 2 N–H and O–H groups in total. The topological polar surface area (TPSA) is 35.2 Å². The number of rotatable bonds is 5. The molecule has 0 fully saturated rings. The van der Waals surface area contributed by atoms with Gasteiger partial charge in [-0.2, -0.15) is 0 Å². The van der Waals surface area contributed by atoms with Crippen molar-refractivity contribution >= 4 is 29.1 Å². The van der Waals surface area contributed by atoms with Gasteiger partial charge in [0.2, 0.25) is 0 Å². The molecular weight excluding hydrogens is 364 g/mol. The van der Waals surface area contributed by atoms with Crippen LogP contribution < -0.4 is 9.88 Å². The SMILES string of the molecule is NSc1cc(Cl)c(OCC2CCCC=C2c2ccc(F)cc2)cc1F. The predicted molar refractivity (Wildman–Crippen MR) is 98.7 cm³/mol. The molecule has 132 valence electrons. The Bertz CT molecular complexity index is 780. The van der Waals surface area contributed by atoms with E-state index in [1.54, 1.807) is 12.1 Å². The van der Waals surface area contributed by atoms with E-state index >= 15 is 0 Å². The second kappa shape index (κ2) is 8.21. The van der Waals surface area contributed by atoms with E-state index in [0.717, 1.165) is 42.3 Å². The molecule has 6 heteroatoms. The summed E-state index contributed by atoms with van der Waals surface area (Å²) in [4.78, 5) is 0.280. The maximum Gasteiger partial charge on any atom is 0.141 e. The lowest BCUT2D eigenvalue weighted by atomic mass is 9.84. The summed E-state index contributed by atoms with van der Waals surface area (Å²) in [6, 6.07) is 9.20. The van der Waals surface area contributed by atoms with Gasteiger partial charge in [0, 0.05) is 12.0 Å². The minimum atomic E-state index is -0.454. The largest absolute Gasteiger partial charge is 0.491 e. The normalized spacial score (nSPS) is 17.3. The summed E-state index contributed by atoms with van der Waals surface area (Å²) in [5.74, 6) is -0.249. The summed E-state index contributed by atoms with van der Waals surface area (Å²) < 4.78 is 32.8. The highest BCUT2D eigenvalue weighted by atomic mass is 35.5. The Labute approximate surface area is 155 Å². The van der Waals surface area contributed by atoms with E-state index in [2.05, 4.69) is 6.08 Å². The average molecular weight is 382 g/mol. The molecule has 0 spiro atoms. The maximum atomic E-state index is 13.9. The molecule has 1 atom stereocenters. The van der Waals surface area contributed by atoms with Crippen molar-refractivity contribution in [2.75, 3.05) is 6.61 Å². The fourth-order valence-corrected chi connectivity index (χ4v) is 3.65. The van der Waals surface area contributed by atoms with Crippen LogP contribution >= 0.6 is 23.5 Å². The molecule has 0 radical (unpaired) electrons. The highest BCUT2D eigenvalue weighted by Gasteiger charge is 2.21. The summed E-state index contributed by atoms with van der Waals surface area (Å²) in [5, 5.41) is 5.73. The van der Waals surface area contributed by atoms with Gasteiger partial charge in [-0.1, -0.05) is 29.8 Å². The summed E-state index contributed by atoms with van der Waals surface area (Å²) in [5.41, 5.74) is 2.12. The lowest BCUT2D eigenvalue weighted by Gasteiger charge is -2.25. The number of hydrogen-bond donors (Lipinski definition) is 1. The van der Waals surface area contributed by atoms with Crippen LogP contribution in [0.15, 0.2) is 47.4 Å². The number of halogens is 3. The average Bonchev–Trinajstić information content (AvgIpc) is 2.63. The first-order valence-corrected chi connectivity index (χ1v) is 9.29. The van der Waals surface area contributed by atoms with Crippen LogP contribution in [0.3, 0.4) is 0 Å². The summed E-state index contributed by atoms with van der Waals surface area (Å²) in [6.45, 7) is 0.386. The number of nitrogens with two attached hydrogens (primary N) is 1. The van der Waals surface area contributed by atoms with E-state index in [-0.39, 0.29) is 16.6 Å². The standard InChI is InChI=1S/C19H18ClF2NOS/c20-16-9-19(25-23)17(22)10-18(16)24-11-13-3-1-2-4-15(13)12-5-7-14(21)8-6-12/h4-10,13H,1-3,11,23H2. The number of benzene rings is 2. The van der Waals surface area contributed by atoms with Gasteiger partial charge in [0.25, 0.3) is 0 Å². The van der Waals surface area contributed by atoms with Crippen LogP contribution in [-0.2, 0) is 0 Å². The summed E-state index contributed by atoms with van der Waals surface area (Å²) in [7, 11) is 0. The van der Waals surface area contributed by atoms with Crippen molar-refractivity contribution in [3.8, 4) is 5.75 Å². The van der Waals surface area contributed by atoms with Crippen LogP contribution in [0, 0.1) is 17.6 Å². The molecule has 0 heterocycles. The molecule has 0 aromatic heterocycles. The molecule has 3 rings (SSSR count). The first-order chi connectivity index (χ1) is 12.1. The number of hydrogen-bond acceptors (Lipinski definition) is 3. The predicted octanol–water partition coefficient (Wildman–Crippen LogP) is 5.85. The molecule has 0 amide bonds. The third-order valence-corrected chi connectivity index (χ3v) is 5.15. The second-order valence-electron chi connectivity index (χ2n) is 5.94. The first-order valence-electron chi connectivity index (χ1n) is 8.03. The molecule has 25 heavy (non-hydrogen) atoms. The third-order valence-electron chi connectivity index (χ3n) is 4.29. The lowest BCUT2D eigenvalue weighted by Crippen LogP contribution is -2.17. The van der Waals surface area contributed by atoms with Crippen LogP contribution in [-0.4, -0.2) is 6.61 Å². The van der Waals surface area contributed by atoms with Crippen LogP contribution in [0.2, 0.25) is 5.02 Å². The zero-order valence-corrected chi connectivity index (χ0v) is 15.0. The lowest BCUT2D eigenvalue weighted by molar-refractivity contribution is 0.267. The van der Waals surface area contributed by atoms with Crippen molar-refractivity contribution in [2.45, 2.75) is 24.2 Å². The molecule has 2 aromatic rings. The van der Waals surface area contributed by atoms with E-state index in [1.165, 1.54) is 24.3 Å². The minimum Gasteiger partial charge on any atom is -0.491 e. The van der Waals surface area contributed by atoms with Crippen LogP contribution in [0.1, 0.15) is 24.8 Å². The number of allylic oxidation sites excluding steroid dienone is 1. The van der Waals surface area contributed by atoms with Crippen molar-refractivity contribution in [1.82, 2.24) is 0 Å². The molecule has 0 aliphatic heterocycles. The van der Waals surface area contributed by atoms with Crippen molar-refractivity contribution in [3.05, 3.63) is 64.7 Å². The fourth-order valence-electron chi connectivity index (χ4n) is 3.01. The highest BCUT2D eigenvalue weighted by Crippen LogP contribution is 2.35. The van der Waals surface area contributed by atoms with Gasteiger partial charge in [0.05, 0.1) is 16.5 Å². The molecule has 1 aliphatic carbocycles. The molecule has 1 unspecified atom stereocenters. The van der Waals surface area contributed by atoms with E-state index < -0.39 is 5.82 Å². The quantitative estimate of drug-likeness (QED) is 0.660. The molecule has 2 nitrogen and oxygen atoms in total. The van der Waals surface area contributed by atoms with Gasteiger partial charge in [-0.3, -0.25) is 5.14 Å². The van der Waals surface area contributed by atoms with E-state index in [4.69, 9.17) is 21.5 Å². The van der Waals surface area contributed by atoms with Crippen molar-refractivity contribution in [1.29, 1.82) is 0 Å². The Morgan fingerprint density at radius 2 is 1.96 bits per heavy atom. The van der Waals surface area contributed by atoms with Gasteiger partial charge in [-0.05, 0) is 60.5 Å². The van der Waals surface area contributed by atoms with Gasteiger partial charge < -0.3 is 4.74 Å². The van der Waals surface area contributed by atoms with Gasteiger partial charge >= 0.3 is 0 Å². The zero-order chi connectivity index (χ0) is 17.8. The molecule has 0 saturated heterocycles. The summed E-state index contributed by atoms with van der Waals surface area (Å²) in [6.07, 6.45) is 5.17. The Morgan fingerprint density at radius 3 is 2.68 bits per heavy atom. The van der Waals surface area contributed by atoms with Crippen LogP contribution in [0.4, 0.5) is 8.78 Å². The third kappa shape index (κ3) is 4.35. The second-order valence-corrected chi connectivity index (χ2v) is 7.02. The van der Waals surface area contributed by atoms with E-state index in [1.807, 2.05) is 0 Å². The highest BCUT2D eigenvalue weighted by molar-refractivity contribution is 7.97. The van der Waals surface area contributed by atoms with E-state index in [9.17, 15) is 8.78 Å². The minimum absolute atomic E-state index is 0.155. The van der Waals surface area contributed by atoms with Crippen molar-refractivity contribution < 1.29 is 13.5 Å². The first kappa shape index (κ1) is 18.2.